The van der Waals surface area contributed by atoms with Crippen LogP contribution in [0.4, 0.5) is 0 Å². The van der Waals surface area contributed by atoms with Gasteiger partial charge in [-0.05, 0) is 56.1 Å². The Hall–Kier alpha value is -2.53. The normalized spacial score (nSPS) is 18.2. The predicted molar refractivity (Wildman–Crippen MR) is 96.7 cm³/mol. The van der Waals surface area contributed by atoms with E-state index in [-0.39, 0.29) is 11.4 Å². The predicted octanol–water partition coefficient (Wildman–Crippen LogP) is 3.48. The maximum Gasteiger partial charge on any atom is 0.336 e. The number of benzene rings is 1. The van der Waals surface area contributed by atoms with Crippen molar-refractivity contribution in [3.05, 3.63) is 63.8 Å². The highest BCUT2D eigenvalue weighted by molar-refractivity contribution is 5.84. The average Bonchev–Trinajstić information content (AvgIpc) is 3.20. The number of hydrogen-bond acceptors (Lipinski definition) is 4. The van der Waals surface area contributed by atoms with E-state index in [1.54, 1.807) is 19.1 Å². The maximum atomic E-state index is 12.0. The molecule has 5 heteroatoms. The summed E-state index contributed by atoms with van der Waals surface area (Å²) in [6.07, 6.45) is 4.34. The molecule has 1 aliphatic rings. The SMILES string of the molecule is Cc1c(O)ccc2c(CN3CCC[C@H]3c3cccn3C)cc(=O)oc12. The van der Waals surface area contributed by atoms with E-state index in [2.05, 4.69) is 34.8 Å². The minimum absolute atomic E-state index is 0.149. The van der Waals surface area contributed by atoms with Gasteiger partial charge in [-0.25, -0.2) is 4.79 Å². The van der Waals surface area contributed by atoms with Gasteiger partial charge in [0.2, 0.25) is 0 Å². The summed E-state index contributed by atoms with van der Waals surface area (Å²) in [6.45, 7) is 3.48. The first-order valence-electron chi connectivity index (χ1n) is 8.65. The molecule has 1 fully saturated rings. The Morgan fingerprint density at radius 3 is 2.92 bits per heavy atom. The van der Waals surface area contributed by atoms with Crippen molar-refractivity contribution in [2.75, 3.05) is 6.54 Å². The van der Waals surface area contributed by atoms with Crippen molar-refractivity contribution in [1.82, 2.24) is 9.47 Å². The van der Waals surface area contributed by atoms with Crippen molar-refractivity contribution in [1.29, 1.82) is 0 Å². The van der Waals surface area contributed by atoms with Crippen molar-refractivity contribution in [3.63, 3.8) is 0 Å². The highest BCUT2D eigenvalue weighted by Crippen LogP contribution is 2.35. The van der Waals surface area contributed by atoms with Gasteiger partial charge in [0.15, 0.2) is 0 Å². The first-order valence-corrected chi connectivity index (χ1v) is 8.65. The zero-order valence-corrected chi connectivity index (χ0v) is 14.5. The molecule has 0 unspecified atom stereocenters. The Morgan fingerprint density at radius 1 is 1.32 bits per heavy atom. The van der Waals surface area contributed by atoms with E-state index in [1.165, 1.54) is 5.69 Å². The molecule has 3 heterocycles. The maximum absolute atomic E-state index is 12.0. The lowest BCUT2D eigenvalue weighted by Crippen LogP contribution is -2.24. The minimum Gasteiger partial charge on any atom is -0.508 e. The number of hydrogen-bond donors (Lipinski definition) is 1. The summed E-state index contributed by atoms with van der Waals surface area (Å²) in [4.78, 5) is 14.5. The summed E-state index contributed by atoms with van der Waals surface area (Å²) in [5, 5.41) is 10.8. The van der Waals surface area contributed by atoms with E-state index in [0.29, 0.717) is 23.7 Å². The highest BCUT2D eigenvalue weighted by atomic mass is 16.4. The molecule has 1 aliphatic heterocycles. The minimum atomic E-state index is -0.370. The molecule has 0 bridgehead atoms. The first kappa shape index (κ1) is 16.0. The molecule has 0 spiro atoms. The van der Waals surface area contributed by atoms with Crippen LogP contribution in [0, 0.1) is 6.92 Å². The number of fused-ring (bicyclic) bond motifs is 1. The van der Waals surface area contributed by atoms with Gasteiger partial charge < -0.3 is 14.1 Å². The largest absolute Gasteiger partial charge is 0.508 e. The zero-order chi connectivity index (χ0) is 17.6. The molecule has 0 radical (unpaired) electrons. The third kappa shape index (κ3) is 2.74. The molecule has 25 heavy (non-hydrogen) atoms. The molecule has 2 aromatic heterocycles. The fourth-order valence-corrected chi connectivity index (χ4v) is 3.94. The van der Waals surface area contributed by atoms with Crippen LogP contribution < -0.4 is 5.63 Å². The lowest BCUT2D eigenvalue weighted by molar-refractivity contribution is 0.241. The quantitative estimate of drug-likeness (QED) is 0.743. The van der Waals surface area contributed by atoms with Crippen molar-refractivity contribution in [2.45, 2.75) is 32.4 Å². The Bertz CT molecular complexity index is 986. The van der Waals surface area contributed by atoms with Crippen LogP contribution in [0.25, 0.3) is 11.0 Å². The van der Waals surface area contributed by atoms with Gasteiger partial charge >= 0.3 is 5.63 Å². The summed E-state index contributed by atoms with van der Waals surface area (Å²) < 4.78 is 7.53. The fourth-order valence-electron chi connectivity index (χ4n) is 3.94. The van der Waals surface area contributed by atoms with Crippen LogP contribution >= 0.6 is 0 Å². The summed E-state index contributed by atoms with van der Waals surface area (Å²) in [7, 11) is 2.07. The Labute approximate surface area is 146 Å². The van der Waals surface area contributed by atoms with Gasteiger partial charge in [0.25, 0.3) is 0 Å². The summed E-state index contributed by atoms with van der Waals surface area (Å²) in [6, 6.07) is 9.69. The van der Waals surface area contributed by atoms with Crippen LogP contribution in [0.1, 0.15) is 35.7 Å². The van der Waals surface area contributed by atoms with Gasteiger partial charge in [0, 0.05) is 42.5 Å². The Balaban J connectivity index is 1.74. The van der Waals surface area contributed by atoms with Gasteiger partial charge in [-0.2, -0.15) is 0 Å². The van der Waals surface area contributed by atoms with E-state index in [9.17, 15) is 9.90 Å². The van der Waals surface area contributed by atoms with E-state index >= 15 is 0 Å². The molecule has 1 atom stereocenters. The molecule has 0 aliphatic carbocycles. The van der Waals surface area contributed by atoms with Crippen molar-refractivity contribution < 1.29 is 9.52 Å². The molecule has 1 N–H and O–H groups in total. The number of phenolic OH excluding ortho intramolecular Hbond substituents is 1. The molecule has 1 aromatic carbocycles. The number of aryl methyl sites for hydroxylation is 2. The summed E-state index contributed by atoms with van der Waals surface area (Å²) >= 11 is 0. The molecule has 4 rings (SSSR count). The lowest BCUT2D eigenvalue weighted by Gasteiger charge is -2.25. The second-order valence-corrected chi connectivity index (χ2v) is 6.85. The molecular formula is C20H22N2O3. The third-order valence-corrected chi connectivity index (χ3v) is 5.28. The molecule has 1 saturated heterocycles. The van der Waals surface area contributed by atoms with Gasteiger partial charge in [-0.15, -0.1) is 0 Å². The molecular weight excluding hydrogens is 316 g/mol. The number of nitrogens with zero attached hydrogens (tertiary/aromatic N) is 2. The van der Waals surface area contributed by atoms with Crippen LogP contribution in [0.2, 0.25) is 0 Å². The monoisotopic (exact) mass is 338 g/mol. The van der Waals surface area contributed by atoms with Crippen LogP contribution in [0.3, 0.4) is 0 Å². The number of aromatic nitrogens is 1. The molecule has 130 valence electrons. The van der Waals surface area contributed by atoms with Crippen LogP contribution in [-0.2, 0) is 13.6 Å². The van der Waals surface area contributed by atoms with Gasteiger partial charge in [-0.3, -0.25) is 4.90 Å². The standard InChI is InChI=1S/C20H22N2O3/c1-13-18(23)8-7-15-14(11-19(24)25-20(13)15)12-22-10-4-6-17(22)16-5-3-9-21(16)2/h3,5,7-9,11,17,23H,4,6,10,12H2,1-2H3/t17-/m0/s1. The first-order chi connectivity index (χ1) is 12.0. The van der Waals surface area contributed by atoms with Gasteiger partial charge in [0.05, 0.1) is 6.04 Å². The van der Waals surface area contributed by atoms with E-state index in [0.717, 1.165) is 30.3 Å². The number of likely N-dealkylation sites (tertiary alicyclic amines) is 1. The van der Waals surface area contributed by atoms with Crippen LogP contribution in [0.5, 0.6) is 5.75 Å². The van der Waals surface area contributed by atoms with E-state index in [1.807, 2.05) is 6.07 Å². The third-order valence-electron chi connectivity index (χ3n) is 5.28. The molecule has 0 amide bonds. The summed E-state index contributed by atoms with van der Waals surface area (Å²) in [5.41, 5.74) is 2.98. The second-order valence-electron chi connectivity index (χ2n) is 6.85. The smallest absolute Gasteiger partial charge is 0.336 e. The van der Waals surface area contributed by atoms with Crippen molar-refractivity contribution >= 4 is 11.0 Å². The second kappa shape index (κ2) is 6.08. The zero-order valence-electron chi connectivity index (χ0n) is 14.5. The number of rotatable bonds is 3. The molecule has 0 saturated carbocycles. The van der Waals surface area contributed by atoms with Crippen molar-refractivity contribution in [3.8, 4) is 5.75 Å². The number of phenols is 1. The average molecular weight is 338 g/mol. The Kier molecular flexibility index (Phi) is 3.88. The molecule has 3 aromatic rings. The van der Waals surface area contributed by atoms with E-state index < -0.39 is 0 Å². The van der Waals surface area contributed by atoms with E-state index in [4.69, 9.17) is 4.42 Å². The van der Waals surface area contributed by atoms with Crippen LogP contribution in [0.15, 0.2) is 45.7 Å². The Morgan fingerprint density at radius 2 is 2.16 bits per heavy atom. The number of aromatic hydroxyl groups is 1. The highest BCUT2D eigenvalue weighted by Gasteiger charge is 2.28. The van der Waals surface area contributed by atoms with Gasteiger partial charge in [0.1, 0.15) is 11.3 Å². The van der Waals surface area contributed by atoms with Crippen LogP contribution in [-0.4, -0.2) is 21.1 Å². The topological polar surface area (TPSA) is 58.6 Å². The summed E-state index contributed by atoms with van der Waals surface area (Å²) in [5.74, 6) is 0.149. The fraction of sp³-hybridized carbons (Fsp3) is 0.350. The van der Waals surface area contributed by atoms with Gasteiger partial charge in [-0.1, -0.05) is 0 Å². The van der Waals surface area contributed by atoms with Crippen molar-refractivity contribution in [2.24, 2.45) is 7.05 Å². The lowest BCUT2D eigenvalue weighted by atomic mass is 10.0. The molecule has 5 nitrogen and oxygen atoms in total.